The average molecular weight is 312 g/mol. The van der Waals surface area contributed by atoms with Crippen molar-refractivity contribution in [2.75, 3.05) is 5.32 Å². The summed E-state index contributed by atoms with van der Waals surface area (Å²) in [6.45, 7) is 4.57. The lowest BCUT2D eigenvalue weighted by Gasteiger charge is -2.06. The van der Waals surface area contributed by atoms with Gasteiger partial charge < -0.3 is 5.32 Å². The second-order valence-corrected chi connectivity index (χ2v) is 5.31. The molecule has 2 aromatic rings. The van der Waals surface area contributed by atoms with Crippen LogP contribution in [0.4, 0.5) is 10.1 Å². The molecule has 3 nitrogen and oxygen atoms in total. The molecule has 0 unspecified atom stereocenters. The first-order valence-corrected chi connectivity index (χ1v) is 6.57. The van der Waals surface area contributed by atoms with E-state index in [9.17, 15) is 4.39 Å². The number of nitrogens with one attached hydrogen (secondary N) is 1. The topological polar surface area (TPSA) is 29.9 Å². The van der Waals surface area contributed by atoms with E-state index in [-0.39, 0.29) is 5.82 Å². The molecule has 5 heteroatoms. The van der Waals surface area contributed by atoms with Crippen molar-refractivity contribution < 1.29 is 4.39 Å². The van der Waals surface area contributed by atoms with Crippen LogP contribution in [0.15, 0.2) is 35.1 Å². The molecule has 0 aliphatic heterocycles. The van der Waals surface area contributed by atoms with Gasteiger partial charge in [-0.15, -0.1) is 0 Å². The van der Waals surface area contributed by atoms with Gasteiger partial charge in [0.05, 0.1) is 11.9 Å². The first kappa shape index (κ1) is 13.1. The lowest BCUT2D eigenvalue weighted by Crippen LogP contribution is -2.02. The van der Waals surface area contributed by atoms with E-state index >= 15 is 0 Å². The van der Waals surface area contributed by atoms with Crippen LogP contribution in [0.5, 0.6) is 0 Å². The number of nitrogens with zero attached hydrogens (tertiary/aromatic N) is 2. The maximum absolute atomic E-state index is 13.6. The Morgan fingerprint density at radius 2 is 2.22 bits per heavy atom. The number of aromatic nitrogens is 2. The zero-order chi connectivity index (χ0) is 13.1. The minimum atomic E-state index is -0.215. The Morgan fingerprint density at radius 1 is 1.44 bits per heavy atom. The summed E-state index contributed by atoms with van der Waals surface area (Å²) >= 11 is 3.24. The third-order valence-electron chi connectivity index (χ3n) is 2.63. The van der Waals surface area contributed by atoms with Gasteiger partial charge in [-0.25, -0.2) is 4.39 Å². The molecule has 1 heterocycles. The van der Waals surface area contributed by atoms with Gasteiger partial charge in [0.15, 0.2) is 0 Å². The fourth-order valence-corrected chi connectivity index (χ4v) is 1.91. The number of benzene rings is 1. The Morgan fingerprint density at radius 3 is 2.83 bits per heavy atom. The minimum absolute atomic E-state index is 0.215. The molecule has 0 spiro atoms. The Balaban J connectivity index is 2.02. The quantitative estimate of drug-likeness (QED) is 0.925. The Hall–Kier alpha value is -1.36. The van der Waals surface area contributed by atoms with Gasteiger partial charge in [0.25, 0.3) is 0 Å². The molecule has 0 aliphatic rings. The summed E-state index contributed by atoms with van der Waals surface area (Å²) < 4.78 is 16.2. The standard InChI is InChI=1S/C13H15BrFN3/c1-9(2)18-8-12(7-17-18)16-6-10-3-4-11(14)5-13(10)15/h3-5,7-9,16H,6H2,1-2H3. The number of anilines is 1. The van der Waals surface area contributed by atoms with Gasteiger partial charge >= 0.3 is 0 Å². The van der Waals surface area contributed by atoms with Crippen LogP contribution in [0.1, 0.15) is 25.5 Å². The minimum Gasteiger partial charge on any atom is -0.378 e. The highest BCUT2D eigenvalue weighted by molar-refractivity contribution is 9.10. The zero-order valence-corrected chi connectivity index (χ0v) is 11.9. The van der Waals surface area contributed by atoms with Crippen molar-refractivity contribution in [1.82, 2.24) is 9.78 Å². The fourth-order valence-electron chi connectivity index (χ4n) is 1.57. The van der Waals surface area contributed by atoms with E-state index in [4.69, 9.17) is 0 Å². The summed E-state index contributed by atoms with van der Waals surface area (Å²) in [5.74, 6) is -0.215. The lowest BCUT2D eigenvalue weighted by molar-refractivity contribution is 0.532. The third kappa shape index (κ3) is 3.10. The van der Waals surface area contributed by atoms with E-state index < -0.39 is 0 Å². The summed E-state index contributed by atoms with van der Waals surface area (Å²) in [5, 5.41) is 7.38. The fraction of sp³-hybridized carbons (Fsp3) is 0.308. The maximum atomic E-state index is 13.6. The number of hydrogen-bond donors (Lipinski definition) is 1. The number of hydrogen-bond acceptors (Lipinski definition) is 2. The molecule has 0 amide bonds. The van der Waals surface area contributed by atoms with Crippen LogP contribution in [0.25, 0.3) is 0 Å². The highest BCUT2D eigenvalue weighted by atomic mass is 79.9. The van der Waals surface area contributed by atoms with Gasteiger partial charge in [0.1, 0.15) is 5.82 Å². The molecule has 1 aromatic carbocycles. The van der Waals surface area contributed by atoms with Gasteiger partial charge in [0, 0.05) is 28.8 Å². The van der Waals surface area contributed by atoms with Crippen LogP contribution in [-0.4, -0.2) is 9.78 Å². The molecule has 2 rings (SSSR count). The molecule has 0 atom stereocenters. The van der Waals surface area contributed by atoms with Crippen LogP contribution in [0.2, 0.25) is 0 Å². The van der Waals surface area contributed by atoms with E-state index in [1.807, 2.05) is 16.9 Å². The van der Waals surface area contributed by atoms with Crippen LogP contribution < -0.4 is 5.32 Å². The SMILES string of the molecule is CC(C)n1cc(NCc2ccc(Br)cc2F)cn1. The van der Waals surface area contributed by atoms with Crippen molar-refractivity contribution in [2.24, 2.45) is 0 Å². The van der Waals surface area contributed by atoms with Crippen LogP contribution in [0.3, 0.4) is 0 Å². The summed E-state index contributed by atoms with van der Waals surface area (Å²) in [4.78, 5) is 0. The van der Waals surface area contributed by atoms with Gasteiger partial charge in [-0.05, 0) is 26.0 Å². The molecule has 0 saturated carbocycles. The van der Waals surface area contributed by atoms with Crippen molar-refractivity contribution in [3.05, 3.63) is 46.4 Å². The van der Waals surface area contributed by atoms with Crippen molar-refractivity contribution in [1.29, 1.82) is 0 Å². The molecule has 1 aromatic heterocycles. The highest BCUT2D eigenvalue weighted by Gasteiger charge is 2.04. The summed E-state index contributed by atoms with van der Waals surface area (Å²) in [6.07, 6.45) is 3.66. The van der Waals surface area contributed by atoms with Gasteiger partial charge in [-0.3, -0.25) is 4.68 Å². The van der Waals surface area contributed by atoms with E-state index in [2.05, 4.69) is 40.2 Å². The molecule has 0 radical (unpaired) electrons. The lowest BCUT2D eigenvalue weighted by atomic mass is 10.2. The monoisotopic (exact) mass is 311 g/mol. The van der Waals surface area contributed by atoms with Crippen molar-refractivity contribution >= 4 is 21.6 Å². The van der Waals surface area contributed by atoms with Gasteiger partial charge in [-0.2, -0.15) is 5.10 Å². The predicted octanol–water partition coefficient (Wildman–Crippen LogP) is 3.98. The summed E-state index contributed by atoms with van der Waals surface area (Å²) in [6, 6.07) is 5.39. The largest absolute Gasteiger partial charge is 0.378 e. The molecule has 96 valence electrons. The normalized spacial score (nSPS) is 10.9. The average Bonchev–Trinajstić information content (AvgIpc) is 2.76. The molecule has 0 fully saturated rings. The molecule has 18 heavy (non-hydrogen) atoms. The second-order valence-electron chi connectivity index (χ2n) is 4.39. The Labute approximate surface area is 114 Å². The highest BCUT2D eigenvalue weighted by Crippen LogP contribution is 2.17. The summed E-state index contributed by atoms with van der Waals surface area (Å²) in [7, 11) is 0. The third-order valence-corrected chi connectivity index (χ3v) is 3.12. The molecule has 0 saturated heterocycles. The first-order valence-electron chi connectivity index (χ1n) is 5.78. The molecular formula is C13H15BrFN3. The van der Waals surface area contributed by atoms with E-state index in [1.54, 1.807) is 12.3 Å². The van der Waals surface area contributed by atoms with Crippen LogP contribution in [0, 0.1) is 5.82 Å². The smallest absolute Gasteiger partial charge is 0.129 e. The first-order chi connectivity index (χ1) is 8.56. The number of halogens is 2. The van der Waals surface area contributed by atoms with Gasteiger partial charge in [0.2, 0.25) is 0 Å². The Kier molecular flexibility index (Phi) is 4.01. The van der Waals surface area contributed by atoms with E-state index in [0.29, 0.717) is 18.2 Å². The molecule has 0 aliphatic carbocycles. The Bertz CT molecular complexity index is 537. The van der Waals surface area contributed by atoms with E-state index in [1.165, 1.54) is 6.07 Å². The molecule has 0 bridgehead atoms. The molecule has 1 N–H and O–H groups in total. The van der Waals surface area contributed by atoms with Crippen molar-refractivity contribution in [3.63, 3.8) is 0 Å². The van der Waals surface area contributed by atoms with Crippen molar-refractivity contribution in [3.8, 4) is 0 Å². The van der Waals surface area contributed by atoms with Gasteiger partial charge in [-0.1, -0.05) is 22.0 Å². The van der Waals surface area contributed by atoms with Crippen LogP contribution in [-0.2, 0) is 6.54 Å². The summed E-state index contributed by atoms with van der Waals surface area (Å²) in [5.41, 5.74) is 1.53. The van der Waals surface area contributed by atoms with Crippen molar-refractivity contribution in [2.45, 2.75) is 26.4 Å². The number of rotatable bonds is 4. The maximum Gasteiger partial charge on any atom is 0.129 e. The van der Waals surface area contributed by atoms with Crippen LogP contribution >= 0.6 is 15.9 Å². The zero-order valence-electron chi connectivity index (χ0n) is 10.3. The van der Waals surface area contributed by atoms with E-state index in [0.717, 1.165) is 10.2 Å². The second kappa shape index (κ2) is 5.52. The predicted molar refractivity (Wildman–Crippen MR) is 74.0 cm³/mol. The molecular weight excluding hydrogens is 297 g/mol.